The highest BCUT2D eigenvalue weighted by atomic mass is 16.5. The van der Waals surface area contributed by atoms with Crippen molar-refractivity contribution < 1.29 is 9.32 Å². The molecule has 0 aromatic carbocycles. The Morgan fingerprint density at radius 1 is 1.61 bits per heavy atom. The summed E-state index contributed by atoms with van der Waals surface area (Å²) < 4.78 is 6.45. The molecule has 0 atom stereocenters. The first kappa shape index (κ1) is 12.2. The van der Waals surface area contributed by atoms with Crippen molar-refractivity contribution >= 4 is 11.7 Å². The number of nitrogen functional groups attached to an aromatic ring is 1. The molecule has 0 unspecified atom stereocenters. The van der Waals surface area contributed by atoms with Crippen molar-refractivity contribution in [2.45, 2.75) is 20.0 Å². The van der Waals surface area contributed by atoms with Gasteiger partial charge in [-0.3, -0.25) is 9.48 Å². The lowest BCUT2D eigenvalue weighted by Gasteiger charge is -2.15. The maximum absolute atomic E-state index is 11.9. The molecule has 2 aromatic heterocycles. The molecule has 7 heteroatoms. The first-order valence-electron chi connectivity index (χ1n) is 5.49. The minimum absolute atomic E-state index is 0.0706. The molecule has 18 heavy (non-hydrogen) atoms. The van der Waals surface area contributed by atoms with Gasteiger partial charge in [0.05, 0.1) is 6.54 Å². The van der Waals surface area contributed by atoms with Crippen molar-refractivity contribution in [1.29, 1.82) is 0 Å². The average molecular weight is 249 g/mol. The van der Waals surface area contributed by atoms with Crippen LogP contribution < -0.4 is 5.73 Å². The summed E-state index contributed by atoms with van der Waals surface area (Å²) in [6.07, 6.45) is 1.67. The summed E-state index contributed by atoms with van der Waals surface area (Å²) in [4.78, 5) is 13.5. The lowest BCUT2D eigenvalue weighted by molar-refractivity contribution is -0.131. The molecule has 0 saturated carbocycles. The number of aryl methyl sites for hydroxylation is 1. The van der Waals surface area contributed by atoms with E-state index in [1.165, 1.54) is 4.68 Å². The quantitative estimate of drug-likeness (QED) is 0.848. The Morgan fingerprint density at radius 3 is 2.94 bits per heavy atom. The van der Waals surface area contributed by atoms with Crippen molar-refractivity contribution in [2.75, 3.05) is 12.8 Å². The van der Waals surface area contributed by atoms with Crippen LogP contribution in [0, 0.1) is 6.92 Å². The summed E-state index contributed by atoms with van der Waals surface area (Å²) >= 11 is 0. The van der Waals surface area contributed by atoms with Gasteiger partial charge >= 0.3 is 0 Å². The Balaban J connectivity index is 1.92. The number of aromatic nitrogens is 3. The third-order valence-corrected chi connectivity index (χ3v) is 2.46. The highest BCUT2D eigenvalue weighted by Gasteiger charge is 2.12. The first-order chi connectivity index (χ1) is 8.54. The van der Waals surface area contributed by atoms with E-state index < -0.39 is 0 Å². The van der Waals surface area contributed by atoms with Crippen LogP contribution in [-0.2, 0) is 17.9 Å². The van der Waals surface area contributed by atoms with Gasteiger partial charge in [0.2, 0.25) is 5.91 Å². The van der Waals surface area contributed by atoms with E-state index in [4.69, 9.17) is 10.3 Å². The molecule has 2 N–H and O–H groups in total. The standard InChI is InChI=1S/C11H15N5O2/c1-8-5-9(14-18-8)6-15(2)11(17)7-16-4-3-10(12)13-16/h3-5H,6-7H2,1-2H3,(H2,12,13). The van der Waals surface area contributed by atoms with Crippen LogP contribution >= 0.6 is 0 Å². The molecule has 0 aliphatic heterocycles. The maximum Gasteiger partial charge on any atom is 0.244 e. The molecule has 0 radical (unpaired) electrons. The van der Waals surface area contributed by atoms with Crippen LogP contribution in [-0.4, -0.2) is 32.8 Å². The second kappa shape index (κ2) is 4.91. The molecular formula is C11H15N5O2. The van der Waals surface area contributed by atoms with Gasteiger partial charge in [-0.25, -0.2) is 0 Å². The number of rotatable bonds is 4. The Hall–Kier alpha value is -2.31. The van der Waals surface area contributed by atoms with Crippen molar-refractivity contribution in [2.24, 2.45) is 0 Å². The second-order valence-corrected chi connectivity index (χ2v) is 4.12. The molecule has 0 spiro atoms. The molecule has 7 nitrogen and oxygen atoms in total. The highest BCUT2D eigenvalue weighted by Crippen LogP contribution is 2.05. The van der Waals surface area contributed by atoms with Crippen LogP contribution in [0.3, 0.4) is 0 Å². The van der Waals surface area contributed by atoms with E-state index >= 15 is 0 Å². The number of nitrogens with zero attached hydrogens (tertiary/aromatic N) is 4. The Labute approximate surface area is 104 Å². The number of anilines is 1. The number of carbonyl (C=O) groups excluding carboxylic acids is 1. The monoisotopic (exact) mass is 249 g/mol. The highest BCUT2D eigenvalue weighted by molar-refractivity contribution is 5.75. The van der Waals surface area contributed by atoms with E-state index in [9.17, 15) is 4.79 Å². The minimum atomic E-state index is -0.0706. The molecule has 2 rings (SSSR count). The molecule has 1 amide bonds. The Morgan fingerprint density at radius 2 is 2.39 bits per heavy atom. The predicted octanol–water partition coefficient (Wildman–Crippen LogP) is 0.420. The lowest BCUT2D eigenvalue weighted by Crippen LogP contribution is -2.30. The minimum Gasteiger partial charge on any atom is -0.382 e. The lowest BCUT2D eigenvalue weighted by atomic mass is 10.3. The largest absolute Gasteiger partial charge is 0.382 e. The normalized spacial score (nSPS) is 10.6. The first-order valence-corrected chi connectivity index (χ1v) is 5.49. The molecule has 2 aromatic rings. The van der Waals surface area contributed by atoms with E-state index in [0.717, 1.165) is 11.5 Å². The Kier molecular flexibility index (Phi) is 3.31. The number of hydrogen-bond donors (Lipinski definition) is 1. The number of likely N-dealkylation sites (N-methyl/N-ethyl adjacent to an activating group) is 1. The molecule has 2 heterocycles. The fourth-order valence-electron chi connectivity index (χ4n) is 1.55. The zero-order chi connectivity index (χ0) is 13.1. The van der Waals surface area contributed by atoms with Crippen LogP contribution in [0.4, 0.5) is 5.82 Å². The van der Waals surface area contributed by atoms with E-state index in [-0.39, 0.29) is 12.5 Å². The number of carbonyl (C=O) groups is 1. The van der Waals surface area contributed by atoms with Gasteiger partial charge in [0.15, 0.2) is 0 Å². The van der Waals surface area contributed by atoms with E-state index in [0.29, 0.717) is 12.4 Å². The van der Waals surface area contributed by atoms with Crippen molar-refractivity contribution in [3.63, 3.8) is 0 Å². The topological polar surface area (TPSA) is 90.2 Å². The average Bonchev–Trinajstić information content (AvgIpc) is 2.88. The molecule has 0 aliphatic carbocycles. The van der Waals surface area contributed by atoms with Gasteiger partial charge in [-0.1, -0.05) is 5.16 Å². The third kappa shape index (κ3) is 2.88. The van der Waals surface area contributed by atoms with Gasteiger partial charge in [0.1, 0.15) is 23.8 Å². The van der Waals surface area contributed by atoms with Gasteiger partial charge in [-0.15, -0.1) is 0 Å². The van der Waals surface area contributed by atoms with Crippen LogP contribution in [0.25, 0.3) is 0 Å². The van der Waals surface area contributed by atoms with E-state index in [1.54, 1.807) is 30.3 Å². The van der Waals surface area contributed by atoms with Crippen molar-refractivity contribution in [1.82, 2.24) is 19.8 Å². The Bertz CT molecular complexity index is 545. The SMILES string of the molecule is Cc1cc(CN(C)C(=O)Cn2ccc(N)n2)no1. The van der Waals surface area contributed by atoms with Gasteiger partial charge in [-0.05, 0) is 13.0 Å². The molecule has 0 bridgehead atoms. The smallest absolute Gasteiger partial charge is 0.244 e. The predicted molar refractivity (Wildman–Crippen MR) is 64.4 cm³/mol. The van der Waals surface area contributed by atoms with Gasteiger partial charge in [0, 0.05) is 19.3 Å². The second-order valence-electron chi connectivity index (χ2n) is 4.12. The zero-order valence-electron chi connectivity index (χ0n) is 10.3. The fourth-order valence-corrected chi connectivity index (χ4v) is 1.55. The number of amides is 1. The van der Waals surface area contributed by atoms with Crippen LogP contribution in [0.2, 0.25) is 0 Å². The zero-order valence-corrected chi connectivity index (χ0v) is 10.3. The van der Waals surface area contributed by atoms with E-state index in [2.05, 4.69) is 10.3 Å². The summed E-state index contributed by atoms with van der Waals surface area (Å²) in [5.74, 6) is 1.06. The van der Waals surface area contributed by atoms with Crippen molar-refractivity contribution in [3.8, 4) is 0 Å². The molecule has 0 saturated heterocycles. The summed E-state index contributed by atoms with van der Waals surface area (Å²) in [5, 5.41) is 7.80. The summed E-state index contributed by atoms with van der Waals surface area (Å²) in [6.45, 7) is 2.38. The summed E-state index contributed by atoms with van der Waals surface area (Å²) in [6, 6.07) is 3.45. The van der Waals surface area contributed by atoms with E-state index in [1.807, 2.05) is 6.92 Å². The number of nitrogens with two attached hydrogens (primary N) is 1. The van der Waals surface area contributed by atoms with Crippen LogP contribution in [0.1, 0.15) is 11.5 Å². The van der Waals surface area contributed by atoms with Crippen molar-refractivity contribution in [3.05, 3.63) is 29.8 Å². The van der Waals surface area contributed by atoms with Crippen LogP contribution in [0.15, 0.2) is 22.9 Å². The summed E-state index contributed by atoms with van der Waals surface area (Å²) in [5.41, 5.74) is 6.20. The fraction of sp³-hybridized carbons (Fsp3) is 0.364. The van der Waals surface area contributed by atoms with Gasteiger partial charge in [-0.2, -0.15) is 5.10 Å². The molecular weight excluding hydrogens is 234 g/mol. The number of hydrogen-bond acceptors (Lipinski definition) is 5. The third-order valence-electron chi connectivity index (χ3n) is 2.46. The molecule has 96 valence electrons. The maximum atomic E-state index is 11.9. The van der Waals surface area contributed by atoms with Crippen LogP contribution in [0.5, 0.6) is 0 Å². The molecule has 0 fully saturated rings. The van der Waals surface area contributed by atoms with Gasteiger partial charge < -0.3 is 15.2 Å². The molecule has 0 aliphatic rings. The van der Waals surface area contributed by atoms with Gasteiger partial charge in [0.25, 0.3) is 0 Å². The summed E-state index contributed by atoms with van der Waals surface area (Å²) in [7, 11) is 1.71.